The van der Waals surface area contributed by atoms with Gasteiger partial charge in [0.15, 0.2) is 0 Å². The van der Waals surface area contributed by atoms with Crippen LogP contribution in [0.5, 0.6) is 0 Å². The largest absolute Gasteiger partial charge is 0.461 e. The van der Waals surface area contributed by atoms with E-state index in [1.54, 1.807) is 7.05 Å². The molecular weight excluding hydrogens is 346 g/mol. The van der Waals surface area contributed by atoms with E-state index in [0.717, 1.165) is 5.56 Å². The van der Waals surface area contributed by atoms with E-state index in [9.17, 15) is 14.4 Å². The SMILES string of the molecule is CN(CCC(N)=O)C(=O)[C@@H](N)CCCC(=O)OCc1ccccc1.Cl. The van der Waals surface area contributed by atoms with E-state index in [0.29, 0.717) is 12.8 Å². The summed E-state index contributed by atoms with van der Waals surface area (Å²) < 4.78 is 5.16. The molecule has 0 aliphatic rings. The van der Waals surface area contributed by atoms with Gasteiger partial charge in [0.2, 0.25) is 11.8 Å². The summed E-state index contributed by atoms with van der Waals surface area (Å²) in [5, 5.41) is 0. The fraction of sp³-hybridized carbons (Fsp3) is 0.471. The molecule has 0 saturated heterocycles. The number of primary amides is 1. The second-order valence-electron chi connectivity index (χ2n) is 5.62. The normalized spacial score (nSPS) is 11.1. The number of carbonyl (C=O) groups excluding carboxylic acids is 3. The van der Waals surface area contributed by atoms with Crippen LogP contribution in [0.15, 0.2) is 30.3 Å². The molecule has 1 atom stereocenters. The van der Waals surface area contributed by atoms with Crippen molar-refractivity contribution >= 4 is 30.2 Å². The molecule has 0 aliphatic heterocycles. The highest BCUT2D eigenvalue weighted by Gasteiger charge is 2.18. The number of halogens is 1. The third-order valence-electron chi connectivity index (χ3n) is 3.53. The molecule has 4 N–H and O–H groups in total. The van der Waals surface area contributed by atoms with Crippen molar-refractivity contribution in [3.8, 4) is 0 Å². The topological polar surface area (TPSA) is 116 Å². The molecule has 1 aromatic carbocycles. The number of rotatable bonds is 10. The van der Waals surface area contributed by atoms with Gasteiger partial charge in [-0.3, -0.25) is 14.4 Å². The minimum atomic E-state index is -0.704. The Hall–Kier alpha value is -2.12. The Labute approximate surface area is 154 Å². The number of nitrogens with zero attached hydrogens (tertiary/aromatic N) is 1. The lowest BCUT2D eigenvalue weighted by Gasteiger charge is -2.20. The van der Waals surface area contributed by atoms with Crippen LogP contribution < -0.4 is 11.5 Å². The molecule has 0 radical (unpaired) electrons. The van der Waals surface area contributed by atoms with Crippen molar-refractivity contribution in [3.05, 3.63) is 35.9 Å². The van der Waals surface area contributed by atoms with Crippen molar-refractivity contribution in [3.63, 3.8) is 0 Å². The molecule has 1 aromatic rings. The predicted molar refractivity (Wildman–Crippen MR) is 96.8 cm³/mol. The number of nitrogens with two attached hydrogens (primary N) is 2. The van der Waals surface area contributed by atoms with Gasteiger partial charge in [0.1, 0.15) is 6.61 Å². The molecule has 8 heteroatoms. The highest BCUT2D eigenvalue weighted by atomic mass is 35.5. The third-order valence-corrected chi connectivity index (χ3v) is 3.53. The first-order chi connectivity index (χ1) is 11.4. The van der Waals surface area contributed by atoms with Crippen LogP contribution in [0.4, 0.5) is 0 Å². The van der Waals surface area contributed by atoms with Crippen LogP contribution in [0.25, 0.3) is 0 Å². The average molecular weight is 372 g/mol. The number of amides is 2. The Morgan fingerprint density at radius 3 is 2.40 bits per heavy atom. The number of ether oxygens (including phenoxy) is 1. The van der Waals surface area contributed by atoms with E-state index in [-0.39, 0.29) is 50.3 Å². The first-order valence-corrected chi connectivity index (χ1v) is 7.88. The second kappa shape index (κ2) is 12.3. The van der Waals surface area contributed by atoms with Gasteiger partial charge < -0.3 is 21.1 Å². The number of likely N-dealkylation sites (N-methyl/N-ethyl adjacent to an activating group) is 1. The van der Waals surface area contributed by atoms with E-state index < -0.39 is 11.9 Å². The lowest BCUT2D eigenvalue weighted by Crippen LogP contribution is -2.42. The van der Waals surface area contributed by atoms with Crippen molar-refractivity contribution in [2.24, 2.45) is 11.5 Å². The molecule has 0 heterocycles. The Balaban J connectivity index is 0.00000576. The molecule has 140 valence electrons. The van der Waals surface area contributed by atoms with Crippen LogP contribution in [-0.4, -0.2) is 42.3 Å². The summed E-state index contributed by atoms with van der Waals surface area (Å²) in [6.07, 6.45) is 1.14. The smallest absolute Gasteiger partial charge is 0.306 e. The van der Waals surface area contributed by atoms with Gasteiger partial charge in [-0.1, -0.05) is 30.3 Å². The molecule has 25 heavy (non-hydrogen) atoms. The van der Waals surface area contributed by atoms with E-state index in [4.69, 9.17) is 16.2 Å². The van der Waals surface area contributed by atoms with Gasteiger partial charge in [-0.2, -0.15) is 0 Å². The first kappa shape index (κ1) is 22.9. The van der Waals surface area contributed by atoms with Gasteiger partial charge in [-0.05, 0) is 18.4 Å². The van der Waals surface area contributed by atoms with Gasteiger partial charge in [0.05, 0.1) is 6.04 Å². The van der Waals surface area contributed by atoms with Crippen LogP contribution in [0, 0.1) is 0 Å². The van der Waals surface area contributed by atoms with Crippen LogP contribution in [-0.2, 0) is 25.7 Å². The molecule has 0 spiro atoms. The van der Waals surface area contributed by atoms with E-state index >= 15 is 0 Å². The van der Waals surface area contributed by atoms with Gasteiger partial charge in [-0.25, -0.2) is 0 Å². The minimum Gasteiger partial charge on any atom is -0.461 e. The Morgan fingerprint density at radius 1 is 1.16 bits per heavy atom. The molecule has 7 nitrogen and oxygen atoms in total. The van der Waals surface area contributed by atoms with Crippen molar-refractivity contribution in [2.75, 3.05) is 13.6 Å². The highest BCUT2D eigenvalue weighted by molar-refractivity contribution is 5.85. The van der Waals surface area contributed by atoms with Crippen molar-refractivity contribution < 1.29 is 19.1 Å². The maximum Gasteiger partial charge on any atom is 0.306 e. The molecule has 0 fully saturated rings. The van der Waals surface area contributed by atoms with E-state index in [1.807, 2.05) is 30.3 Å². The molecule has 2 amide bonds. The summed E-state index contributed by atoms with van der Waals surface area (Å²) in [5.74, 6) is -1.06. The molecular formula is C17H26ClN3O4. The maximum atomic E-state index is 12.0. The lowest BCUT2D eigenvalue weighted by molar-refractivity contribution is -0.145. The standard InChI is InChI=1S/C17H25N3O4.ClH/c1-20(11-10-15(19)21)17(23)14(18)8-5-9-16(22)24-12-13-6-3-2-4-7-13;/h2-4,6-7,14H,5,8-12,18H2,1H3,(H2,19,21);1H/t14-;/m0./s1. The van der Waals surface area contributed by atoms with E-state index in [1.165, 1.54) is 4.90 Å². The molecule has 0 aromatic heterocycles. The zero-order valence-corrected chi connectivity index (χ0v) is 15.2. The highest BCUT2D eigenvalue weighted by Crippen LogP contribution is 2.06. The molecule has 0 bridgehead atoms. The number of hydrogen-bond acceptors (Lipinski definition) is 5. The number of esters is 1. The van der Waals surface area contributed by atoms with Crippen LogP contribution in [0.3, 0.4) is 0 Å². The van der Waals surface area contributed by atoms with Crippen LogP contribution in [0.1, 0.15) is 31.2 Å². The third kappa shape index (κ3) is 9.69. The molecule has 1 rings (SSSR count). The number of carbonyl (C=O) groups is 3. The monoisotopic (exact) mass is 371 g/mol. The number of benzene rings is 1. The summed E-state index contributed by atoms with van der Waals surface area (Å²) in [4.78, 5) is 35.7. The van der Waals surface area contributed by atoms with Gasteiger partial charge in [0, 0.05) is 26.4 Å². The molecule has 0 aliphatic carbocycles. The average Bonchev–Trinajstić information content (AvgIpc) is 2.57. The van der Waals surface area contributed by atoms with Crippen molar-refractivity contribution in [1.82, 2.24) is 4.90 Å². The zero-order valence-electron chi connectivity index (χ0n) is 14.3. The lowest BCUT2D eigenvalue weighted by atomic mass is 10.1. The predicted octanol–water partition coefficient (Wildman–Crippen LogP) is 0.983. The van der Waals surface area contributed by atoms with Gasteiger partial charge in [0.25, 0.3) is 0 Å². The van der Waals surface area contributed by atoms with Crippen LogP contribution in [0.2, 0.25) is 0 Å². The summed E-state index contributed by atoms with van der Waals surface area (Å²) in [6.45, 7) is 0.474. The summed E-state index contributed by atoms with van der Waals surface area (Å²) in [5.41, 5.74) is 11.8. The van der Waals surface area contributed by atoms with Crippen molar-refractivity contribution in [1.29, 1.82) is 0 Å². The Bertz CT molecular complexity index is 554. The summed E-state index contributed by atoms with van der Waals surface area (Å²) in [6, 6.07) is 8.70. The molecule has 0 unspecified atom stereocenters. The Kier molecular flexibility index (Phi) is 11.2. The quantitative estimate of drug-likeness (QED) is 0.595. The van der Waals surface area contributed by atoms with Gasteiger partial charge >= 0.3 is 5.97 Å². The van der Waals surface area contributed by atoms with Crippen molar-refractivity contribution in [2.45, 2.75) is 38.3 Å². The van der Waals surface area contributed by atoms with E-state index in [2.05, 4.69) is 0 Å². The Morgan fingerprint density at radius 2 is 1.80 bits per heavy atom. The second-order valence-corrected chi connectivity index (χ2v) is 5.62. The van der Waals surface area contributed by atoms with Crippen LogP contribution >= 0.6 is 12.4 Å². The summed E-state index contributed by atoms with van der Waals surface area (Å²) in [7, 11) is 1.57. The fourth-order valence-electron chi connectivity index (χ4n) is 2.07. The number of hydrogen-bond donors (Lipinski definition) is 2. The maximum absolute atomic E-state index is 12.0. The minimum absolute atomic E-state index is 0. The zero-order chi connectivity index (χ0) is 17.9. The first-order valence-electron chi connectivity index (χ1n) is 7.88. The summed E-state index contributed by atoms with van der Waals surface area (Å²) >= 11 is 0. The van der Waals surface area contributed by atoms with Gasteiger partial charge in [-0.15, -0.1) is 12.4 Å². The fourth-order valence-corrected chi connectivity index (χ4v) is 2.07. The molecule has 0 saturated carbocycles.